The second kappa shape index (κ2) is 10.6. The fraction of sp³-hybridized carbons (Fsp3) is 0.308. The van der Waals surface area contributed by atoms with Gasteiger partial charge < -0.3 is 24.7 Å². The molecule has 5 rings (SSSR count). The maximum absolute atomic E-state index is 14.6. The molecule has 4 aromatic rings. The molecule has 2 N–H and O–H groups in total. The van der Waals surface area contributed by atoms with Gasteiger partial charge in [-0.1, -0.05) is 11.6 Å². The van der Waals surface area contributed by atoms with Crippen LogP contribution >= 0.6 is 11.6 Å². The molecule has 4 heterocycles. The number of aromatic amines is 1. The molecule has 1 aliphatic heterocycles. The van der Waals surface area contributed by atoms with Crippen molar-refractivity contribution in [2.75, 3.05) is 39.2 Å². The van der Waals surface area contributed by atoms with Crippen LogP contribution in [0.25, 0.3) is 22.4 Å². The van der Waals surface area contributed by atoms with Crippen LogP contribution in [0, 0.1) is 11.7 Å². The SMILES string of the molecule is COc1ccc(C(=O)N2CCC[C@H](CNc3nc(-c4c[nH]c5ncc(Cl)cc45)ncc3F)C2)cc1OC. The van der Waals surface area contributed by atoms with Gasteiger partial charge in [-0.05, 0) is 43.0 Å². The van der Waals surface area contributed by atoms with Crippen molar-refractivity contribution in [3.8, 4) is 22.9 Å². The lowest BCUT2D eigenvalue weighted by atomic mass is 9.97. The van der Waals surface area contributed by atoms with E-state index in [0.717, 1.165) is 24.4 Å². The minimum atomic E-state index is -0.547. The number of anilines is 1. The highest BCUT2D eigenvalue weighted by Crippen LogP contribution is 2.30. The van der Waals surface area contributed by atoms with Gasteiger partial charge in [-0.25, -0.2) is 19.3 Å². The zero-order valence-corrected chi connectivity index (χ0v) is 21.2. The summed E-state index contributed by atoms with van der Waals surface area (Å²) in [7, 11) is 3.09. The Morgan fingerprint density at radius 1 is 1.22 bits per heavy atom. The number of methoxy groups -OCH3 is 2. The average molecular weight is 525 g/mol. The van der Waals surface area contributed by atoms with E-state index in [0.29, 0.717) is 58.8 Å². The van der Waals surface area contributed by atoms with Gasteiger partial charge in [0, 0.05) is 48.5 Å². The smallest absolute Gasteiger partial charge is 0.254 e. The predicted octanol–water partition coefficient (Wildman–Crippen LogP) is 4.79. The molecule has 0 radical (unpaired) electrons. The number of piperidine rings is 1. The fourth-order valence-corrected chi connectivity index (χ4v) is 4.75. The van der Waals surface area contributed by atoms with Crippen LogP contribution in [0.2, 0.25) is 5.02 Å². The summed E-state index contributed by atoms with van der Waals surface area (Å²) in [5.74, 6) is 1.05. The van der Waals surface area contributed by atoms with Crippen LogP contribution in [0.4, 0.5) is 10.2 Å². The molecule has 37 heavy (non-hydrogen) atoms. The first kappa shape index (κ1) is 24.8. The number of pyridine rings is 1. The molecule has 0 spiro atoms. The van der Waals surface area contributed by atoms with Crippen LogP contribution in [0.15, 0.2) is 42.9 Å². The Balaban J connectivity index is 1.28. The van der Waals surface area contributed by atoms with Crippen molar-refractivity contribution in [1.29, 1.82) is 0 Å². The van der Waals surface area contributed by atoms with E-state index >= 15 is 0 Å². The second-order valence-corrected chi connectivity index (χ2v) is 9.29. The van der Waals surface area contributed by atoms with Crippen LogP contribution in [0.1, 0.15) is 23.2 Å². The van der Waals surface area contributed by atoms with Crippen molar-refractivity contribution in [1.82, 2.24) is 24.8 Å². The van der Waals surface area contributed by atoms with Crippen LogP contribution in [-0.2, 0) is 0 Å². The molecule has 1 aliphatic rings. The summed E-state index contributed by atoms with van der Waals surface area (Å²) in [5, 5.41) is 4.36. The Labute approximate surface area is 218 Å². The molecule has 3 aromatic heterocycles. The van der Waals surface area contributed by atoms with Gasteiger partial charge in [0.25, 0.3) is 5.91 Å². The molecule has 1 amide bonds. The van der Waals surface area contributed by atoms with E-state index in [2.05, 4.69) is 25.3 Å². The Hall–Kier alpha value is -3.92. The molecule has 1 saturated heterocycles. The van der Waals surface area contributed by atoms with Gasteiger partial charge in [-0.3, -0.25) is 4.79 Å². The number of likely N-dealkylation sites (tertiary alicyclic amines) is 1. The quantitative estimate of drug-likeness (QED) is 0.358. The third-order valence-electron chi connectivity index (χ3n) is 6.48. The van der Waals surface area contributed by atoms with Crippen molar-refractivity contribution in [2.45, 2.75) is 12.8 Å². The maximum Gasteiger partial charge on any atom is 0.254 e. The number of carbonyl (C=O) groups excluding carboxylic acids is 1. The lowest BCUT2D eigenvalue weighted by Gasteiger charge is -2.33. The molecule has 0 bridgehead atoms. The van der Waals surface area contributed by atoms with Crippen LogP contribution in [0.3, 0.4) is 0 Å². The van der Waals surface area contributed by atoms with Crippen molar-refractivity contribution < 1.29 is 18.7 Å². The second-order valence-electron chi connectivity index (χ2n) is 8.85. The largest absolute Gasteiger partial charge is 0.493 e. The molecule has 0 unspecified atom stereocenters. The average Bonchev–Trinajstić information content (AvgIpc) is 3.35. The van der Waals surface area contributed by atoms with Gasteiger partial charge >= 0.3 is 0 Å². The van der Waals surface area contributed by atoms with Gasteiger partial charge in [0.15, 0.2) is 29.0 Å². The van der Waals surface area contributed by atoms with Gasteiger partial charge in [-0.2, -0.15) is 0 Å². The van der Waals surface area contributed by atoms with E-state index in [4.69, 9.17) is 21.1 Å². The third-order valence-corrected chi connectivity index (χ3v) is 6.68. The Morgan fingerprint density at radius 2 is 2.05 bits per heavy atom. The van der Waals surface area contributed by atoms with Crippen LogP contribution < -0.4 is 14.8 Å². The van der Waals surface area contributed by atoms with E-state index in [1.54, 1.807) is 43.8 Å². The Bertz CT molecular complexity index is 1450. The minimum Gasteiger partial charge on any atom is -0.493 e. The first-order valence-electron chi connectivity index (χ1n) is 11.9. The van der Waals surface area contributed by atoms with Crippen LogP contribution in [-0.4, -0.2) is 64.6 Å². The summed E-state index contributed by atoms with van der Waals surface area (Å²) in [6.07, 6.45) is 6.19. The lowest BCUT2D eigenvalue weighted by molar-refractivity contribution is 0.0679. The predicted molar refractivity (Wildman–Crippen MR) is 139 cm³/mol. The summed E-state index contributed by atoms with van der Waals surface area (Å²) in [6, 6.07) is 6.91. The molecule has 1 fully saturated rings. The molecular weight excluding hydrogens is 499 g/mol. The Kier molecular flexibility index (Phi) is 7.09. The number of nitrogens with zero attached hydrogens (tertiary/aromatic N) is 4. The van der Waals surface area contributed by atoms with Crippen molar-refractivity contribution >= 4 is 34.4 Å². The number of amides is 1. The monoisotopic (exact) mass is 524 g/mol. The number of fused-ring (bicyclic) bond motifs is 1. The molecule has 1 atom stereocenters. The first-order chi connectivity index (χ1) is 18.0. The zero-order chi connectivity index (χ0) is 25.9. The number of nitrogens with one attached hydrogen (secondary N) is 2. The van der Waals surface area contributed by atoms with Gasteiger partial charge in [0.05, 0.1) is 25.4 Å². The molecule has 0 aliphatic carbocycles. The Morgan fingerprint density at radius 3 is 2.86 bits per heavy atom. The van der Waals surface area contributed by atoms with Crippen LogP contribution in [0.5, 0.6) is 11.5 Å². The number of hydrogen-bond acceptors (Lipinski definition) is 7. The lowest BCUT2D eigenvalue weighted by Crippen LogP contribution is -2.41. The fourth-order valence-electron chi connectivity index (χ4n) is 4.59. The summed E-state index contributed by atoms with van der Waals surface area (Å²) in [6.45, 7) is 1.67. The standard InChI is InChI=1S/C26H26ClFN6O3/c1-36-21-6-5-16(8-22(21)37-2)26(35)34-7-3-4-15(14-34)10-29-25-20(28)13-32-24(33-25)19-12-31-23-18(19)9-17(27)11-30-23/h5-6,8-9,11-13,15H,3-4,7,10,14H2,1-2H3,(H,30,31)(H,29,32,33)/t15-/m1/s1. The van der Waals surface area contributed by atoms with Gasteiger partial charge in [0.2, 0.25) is 0 Å². The van der Waals surface area contributed by atoms with E-state index < -0.39 is 5.82 Å². The maximum atomic E-state index is 14.6. The number of hydrogen-bond donors (Lipinski definition) is 2. The summed E-state index contributed by atoms with van der Waals surface area (Å²) < 4.78 is 25.2. The highest BCUT2D eigenvalue weighted by atomic mass is 35.5. The van der Waals surface area contributed by atoms with Crippen molar-refractivity contribution in [2.24, 2.45) is 5.92 Å². The van der Waals surface area contributed by atoms with Gasteiger partial charge in [-0.15, -0.1) is 0 Å². The topological polar surface area (TPSA) is 105 Å². The van der Waals surface area contributed by atoms with Gasteiger partial charge in [0.1, 0.15) is 5.65 Å². The number of halogens is 2. The number of H-pyrrole nitrogens is 1. The van der Waals surface area contributed by atoms with Crippen molar-refractivity contribution in [3.05, 3.63) is 59.3 Å². The van der Waals surface area contributed by atoms with E-state index in [1.807, 2.05) is 4.90 Å². The number of benzene rings is 1. The molecular formula is C26H26ClFN6O3. The normalized spacial score (nSPS) is 15.6. The summed E-state index contributed by atoms with van der Waals surface area (Å²) in [5.41, 5.74) is 1.85. The zero-order valence-electron chi connectivity index (χ0n) is 20.4. The van der Waals surface area contributed by atoms with E-state index in [-0.39, 0.29) is 17.6 Å². The number of carbonyl (C=O) groups is 1. The highest BCUT2D eigenvalue weighted by Gasteiger charge is 2.26. The first-order valence-corrected chi connectivity index (χ1v) is 12.3. The van der Waals surface area contributed by atoms with E-state index in [9.17, 15) is 9.18 Å². The molecule has 11 heteroatoms. The number of aromatic nitrogens is 4. The highest BCUT2D eigenvalue weighted by molar-refractivity contribution is 6.31. The molecule has 1 aromatic carbocycles. The number of ether oxygens (including phenoxy) is 2. The number of rotatable bonds is 7. The molecule has 192 valence electrons. The van der Waals surface area contributed by atoms with E-state index in [1.165, 1.54) is 7.11 Å². The molecule has 9 nitrogen and oxygen atoms in total. The van der Waals surface area contributed by atoms with Crippen molar-refractivity contribution in [3.63, 3.8) is 0 Å². The third kappa shape index (κ3) is 5.15. The molecule has 0 saturated carbocycles. The summed E-state index contributed by atoms with van der Waals surface area (Å²) in [4.78, 5) is 30.9. The minimum absolute atomic E-state index is 0.0761. The summed E-state index contributed by atoms with van der Waals surface area (Å²) >= 11 is 6.10.